The van der Waals surface area contributed by atoms with Crippen LogP contribution in [0, 0.1) is 6.92 Å². The van der Waals surface area contributed by atoms with Crippen molar-refractivity contribution in [3.63, 3.8) is 0 Å². The first-order valence-corrected chi connectivity index (χ1v) is 9.19. The van der Waals surface area contributed by atoms with Crippen LogP contribution >= 0.6 is 0 Å². The molecule has 0 aliphatic carbocycles. The van der Waals surface area contributed by atoms with Crippen molar-refractivity contribution in [1.82, 2.24) is 14.8 Å². The summed E-state index contributed by atoms with van der Waals surface area (Å²) in [5.41, 5.74) is 2.29. The standard InChI is InChI=1S/C19H27N3O3/c1-15-2-3-17(14-20-15)16-6-8-21(9-7-16)18(23)4-5-19(24)22-10-12-25-13-11-22/h2-3,14,16H,4-13H2,1H3. The van der Waals surface area contributed by atoms with Gasteiger partial charge in [-0.25, -0.2) is 0 Å². The number of piperidine rings is 1. The molecular weight excluding hydrogens is 318 g/mol. The lowest BCUT2D eigenvalue weighted by molar-refractivity contribution is -0.139. The number of ether oxygens (including phenoxy) is 1. The van der Waals surface area contributed by atoms with Crippen LogP contribution in [0.3, 0.4) is 0 Å². The summed E-state index contributed by atoms with van der Waals surface area (Å²) in [7, 11) is 0. The molecule has 1 aromatic rings. The fourth-order valence-corrected chi connectivity index (χ4v) is 3.53. The normalized spacial score (nSPS) is 19.1. The molecule has 1 aromatic heterocycles. The molecule has 6 nitrogen and oxygen atoms in total. The molecular formula is C19H27N3O3. The molecule has 0 unspecified atom stereocenters. The third-order valence-electron chi connectivity index (χ3n) is 5.17. The average molecular weight is 345 g/mol. The molecule has 0 aromatic carbocycles. The maximum Gasteiger partial charge on any atom is 0.223 e. The van der Waals surface area contributed by atoms with Crippen molar-refractivity contribution in [3.8, 4) is 0 Å². The van der Waals surface area contributed by atoms with Crippen LogP contribution in [0.5, 0.6) is 0 Å². The number of aromatic nitrogens is 1. The SMILES string of the molecule is Cc1ccc(C2CCN(C(=O)CCC(=O)N3CCOCC3)CC2)cn1. The quantitative estimate of drug-likeness (QED) is 0.834. The zero-order chi connectivity index (χ0) is 17.6. The van der Waals surface area contributed by atoms with Crippen molar-refractivity contribution < 1.29 is 14.3 Å². The van der Waals surface area contributed by atoms with Gasteiger partial charge >= 0.3 is 0 Å². The van der Waals surface area contributed by atoms with E-state index in [1.54, 1.807) is 4.90 Å². The zero-order valence-electron chi connectivity index (χ0n) is 14.9. The van der Waals surface area contributed by atoms with Crippen molar-refractivity contribution in [1.29, 1.82) is 0 Å². The van der Waals surface area contributed by atoms with Crippen LogP contribution in [0.2, 0.25) is 0 Å². The predicted molar refractivity (Wildman–Crippen MR) is 94.2 cm³/mol. The Hall–Kier alpha value is -1.95. The Bertz CT molecular complexity index is 588. The highest BCUT2D eigenvalue weighted by Crippen LogP contribution is 2.27. The molecule has 25 heavy (non-hydrogen) atoms. The topological polar surface area (TPSA) is 62.7 Å². The summed E-state index contributed by atoms with van der Waals surface area (Å²) in [5.74, 6) is 0.645. The molecule has 3 heterocycles. The van der Waals surface area contributed by atoms with Crippen LogP contribution in [-0.4, -0.2) is 66.0 Å². The Morgan fingerprint density at radius 2 is 1.64 bits per heavy atom. The largest absolute Gasteiger partial charge is 0.378 e. The molecule has 0 radical (unpaired) electrons. The molecule has 0 atom stereocenters. The van der Waals surface area contributed by atoms with E-state index in [1.165, 1.54) is 5.56 Å². The summed E-state index contributed by atoms with van der Waals surface area (Å²) in [6.45, 7) is 6.00. The lowest BCUT2D eigenvalue weighted by atomic mass is 9.90. The minimum Gasteiger partial charge on any atom is -0.378 e. The fraction of sp³-hybridized carbons (Fsp3) is 0.632. The van der Waals surface area contributed by atoms with Crippen molar-refractivity contribution in [2.75, 3.05) is 39.4 Å². The van der Waals surface area contributed by atoms with E-state index in [0.29, 0.717) is 45.1 Å². The van der Waals surface area contributed by atoms with Gasteiger partial charge in [-0.05, 0) is 37.3 Å². The molecule has 2 aliphatic rings. The van der Waals surface area contributed by atoms with Gasteiger partial charge in [-0.1, -0.05) is 6.07 Å². The Morgan fingerprint density at radius 3 is 2.20 bits per heavy atom. The Labute approximate surface area is 149 Å². The zero-order valence-corrected chi connectivity index (χ0v) is 14.9. The Balaban J connectivity index is 1.42. The van der Waals surface area contributed by atoms with Crippen LogP contribution in [0.1, 0.15) is 42.9 Å². The third-order valence-corrected chi connectivity index (χ3v) is 5.17. The van der Waals surface area contributed by atoms with Crippen molar-refractivity contribution in [2.24, 2.45) is 0 Å². The summed E-state index contributed by atoms with van der Waals surface area (Å²) in [4.78, 5) is 32.6. The second-order valence-electron chi connectivity index (χ2n) is 6.88. The van der Waals surface area contributed by atoms with Gasteiger partial charge in [-0.15, -0.1) is 0 Å². The van der Waals surface area contributed by atoms with Gasteiger partial charge in [-0.3, -0.25) is 14.6 Å². The number of hydrogen-bond donors (Lipinski definition) is 0. The summed E-state index contributed by atoms with van der Waals surface area (Å²) in [6.07, 6.45) is 4.51. The number of carbonyl (C=O) groups is 2. The summed E-state index contributed by atoms with van der Waals surface area (Å²) in [5, 5.41) is 0. The minimum absolute atomic E-state index is 0.0669. The maximum atomic E-state index is 12.4. The Morgan fingerprint density at radius 1 is 1.04 bits per heavy atom. The molecule has 3 rings (SSSR count). The number of carbonyl (C=O) groups excluding carboxylic acids is 2. The van der Waals surface area contributed by atoms with E-state index in [-0.39, 0.29) is 11.8 Å². The minimum atomic E-state index is 0.0669. The first-order valence-electron chi connectivity index (χ1n) is 9.19. The molecule has 0 N–H and O–H groups in total. The number of morpholine rings is 1. The fourth-order valence-electron chi connectivity index (χ4n) is 3.53. The second-order valence-corrected chi connectivity index (χ2v) is 6.88. The number of amides is 2. The van der Waals surface area contributed by atoms with Crippen LogP contribution in [0.25, 0.3) is 0 Å². The highest BCUT2D eigenvalue weighted by atomic mass is 16.5. The van der Waals surface area contributed by atoms with Crippen molar-refractivity contribution in [3.05, 3.63) is 29.6 Å². The summed E-state index contributed by atoms with van der Waals surface area (Å²) in [6, 6.07) is 4.19. The molecule has 2 saturated heterocycles. The van der Waals surface area contributed by atoms with Gasteiger partial charge in [0.25, 0.3) is 0 Å². The molecule has 2 fully saturated rings. The molecule has 2 aliphatic heterocycles. The van der Waals surface area contributed by atoms with Crippen molar-refractivity contribution in [2.45, 2.75) is 38.5 Å². The first kappa shape index (κ1) is 17.9. The van der Waals surface area contributed by atoms with Crippen LogP contribution in [-0.2, 0) is 14.3 Å². The van der Waals surface area contributed by atoms with E-state index in [0.717, 1.165) is 31.6 Å². The highest BCUT2D eigenvalue weighted by molar-refractivity contribution is 5.84. The van der Waals surface area contributed by atoms with E-state index >= 15 is 0 Å². The van der Waals surface area contributed by atoms with Crippen LogP contribution in [0.4, 0.5) is 0 Å². The van der Waals surface area contributed by atoms with E-state index < -0.39 is 0 Å². The van der Waals surface area contributed by atoms with Crippen molar-refractivity contribution >= 4 is 11.8 Å². The van der Waals surface area contributed by atoms with Gasteiger partial charge in [0, 0.05) is 50.9 Å². The van der Waals surface area contributed by atoms with E-state index in [4.69, 9.17) is 4.74 Å². The summed E-state index contributed by atoms with van der Waals surface area (Å²) >= 11 is 0. The number of aryl methyl sites for hydroxylation is 1. The molecule has 0 spiro atoms. The van der Waals surface area contributed by atoms with E-state index in [9.17, 15) is 9.59 Å². The van der Waals surface area contributed by atoms with Gasteiger partial charge in [0.15, 0.2) is 0 Å². The van der Waals surface area contributed by atoms with Crippen LogP contribution in [0.15, 0.2) is 18.3 Å². The highest BCUT2D eigenvalue weighted by Gasteiger charge is 2.25. The van der Waals surface area contributed by atoms with Gasteiger partial charge in [0.2, 0.25) is 11.8 Å². The van der Waals surface area contributed by atoms with Crippen LogP contribution < -0.4 is 0 Å². The number of likely N-dealkylation sites (tertiary alicyclic amines) is 1. The smallest absolute Gasteiger partial charge is 0.223 e. The third kappa shape index (κ3) is 4.78. The molecule has 0 bridgehead atoms. The molecule has 136 valence electrons. The monoisotopic (exact) mass is 345 g/mol. The number of nitrogens with zero attached hydrogens (tertiary/aromatic N) is 3. The predicted octanol–water partition coefficient (Wildman–Crippen LogP) is 1.74. The van der Waals surface area contributed by atoms with Gasteiger partial charge in [-0.2, -0.15) is 0 Å². The number of rotatable bonds is 4. The lowest BCUT2D eigenvalue weighted by Crippen LogP contribution is -2.42. The average Bonchev–Trinajstić information content (AvgIpc) is 2.67. The lowest BCUT2D eigenvalue weighted by Gasteiger charge is -2.32. The molecule has 2 amide bonds. The van der Waals surface area contributed by atoms with Gasteiger partial charge < -0.3 is 14.5 Å². The Kier molecular flexibility index (Phi) is 6.02. The molecule has 0 saturated carbocycles. The maximum absolute atomic E-state index is 12.4. The number of hydrogen-bond acceptors (Lipinski definition) is 4. The van der Waals surface area contributed by atoms with Gasteiger partial charge in [0.05, 0.1) is 13.2 Å². The number of pyridine rings is 1. The van der Waals surface area contributed by atoms with E-state index in [2.05, 4.69) is 11.1 Å². The first-order chi connectivity index (χ1) is 12.1. The second kappa shape index (κ2) is 8.43. The van der Waals surface area contributed by atoms with E-state index in [1.807, 2.05) is 24.1 Å². The molecule has 6 heteroatoms. The summed E-state index contributed by atoms with van der Waals surface area (Å²) < 4.78 is 5.25. The van der Waals surface area contributed by atoms with Gasteiger partial charge in [0.1, 0.15) is 0 Å².